The van der Waals surface area contributed by atoms with Gasteiger partial charge in [-0.1, -0.05) is 13.8 Å². The average molecular weight is 313 g/mol. The van der Waals surface area contributed by atoms with Gasteiger partial charge in [-0.2, -0.15) is 4.31 Å². The zero-order valence-corrected chi connectivity index (χ0v) is 13.8. The quantitative estimate of drug-likeness (QED) is 0.856. The van der Waals surface area contributed by atoms with Crippen LogP contribution >= 0.6 is 0 Å². The fraction of sp³-hybridized carbons (Fsp3) is 0.600. The lowest BCUT2D eigenvalue weighted by molar-refractivity contribution is 0.222. The first-order valence-corrected chi connectivity index (χ1v) is 8.54. The number of piperidine rings is 1. The Morgan fingerprint density at radius 1 is 1.05 bits per heavy atom. The topological polar surface area (TPSA) is 55.8 Å². The maximum Gasteiger partial charge on any atom is 0.243 e. The largest absolute Gasteiger partial charge is 0.493 e. The number of sulfonamides is 1. The van der Waals surface area contributed by atoms with Crippen LogP contribution in [0, 0.1) is 11.8 Å². The van der Waals surface area contributed by atoms with Crippen LogP contribution in [0.2, 0.25) is 0 Å². The van der Waals surface area contributed by atoms with E-state index < -0.39 is 10.0 Å². The first-order chi connectivity index (χ1) is 9.88. The van der Waals surface area contributed by atoms with E-state index in [0.29, 0.717) is 36.4 Å². The van der Waals surface area contributed by atoms with E-state index in [-0.39, 0.29) is 4.90 Å². The molecule has 6 heteroatoms. The molecule has 0 aliphatic carbocycles. The van der Waals surface area contributed by atoms with E-state index in [4.69, 9.17) is 9.47 Å². The van der Waals surface area contributed by atoms with Crippen LogP contribution < -0.4 is 9.47 Å². The Morgan fingerprint density at radius 2 is 1.62 bits per heavy atom. The van der Waals surface area contributed by atoms with Gasteiger partial charge in [0.05, 0.1) is 19.1 Å². The van der Waals surface area contributed by atoms with Crippen LogP contribution in [-0.2, 0) is 10.0 Å². The summed E-state index contributed by atoms with van der Waals surface area (Å²) in [7, 11) is -0.461. The number of methoxy groups -OCH3 is 2. The predicted molar refractivity (Wildman–Crippen MR) is 81.2 cm³/mol. The van der Waals surface area contributed by atoms with Crippen LogP contribution in [-0.4, -0.2) is 40.0 Å². The van der Waals surface area contributed by atoms with E-state index in [0.717, 1.165) is 6.42 Å². The molecule has 1 aliphatic rings. The summed E-state index contributed by atoms with van der Waals surface area (Å²) in [5.41, 5.74) is 0. The molecule has 0 aromatic heterocycles. The molecule has 0 radical (unpaired) electrons. The van der Waals surface area contributed by atoms with Gasteiger partial charge in [0, 0.05) is 19.2 Å². The fourth-order valence-corrected chi connectivity index (χ4v) is 4.62. The lowest BCUT2D eigenvalue weighted by atomic mass is 9.94. The van der Waals surface area contributed by atoms with Crippen molar-refractivity contribution in [2.45, 2.75) is 25.2 Å². The van der Waals surface area contributed by atoms with Crippen molar-refractivity contribution in [2.75, 3.05) is 27.3 Å². The molecule has 0 saturated carbocycles. The second kappa shape index (κ2) is 6.23. The van der Waals surface area contributed by atoms with Gasteiger partial charge in [-0.3, -0.25) is 0 Å². The summed E-state index contributed by atoms with van der Waals surface area (Å²) in [5, 5.41) is 0. The summed E-state index contributed by atoms with van der Waals surface area (Å²) in [6.07, 6.45) is 1.07. The van der Waals surface area contributed by atoms with Crippen molar-refractivity contribution >= 4 is 10.0 Å². The lowest BCUT2D eigenvalue weighted by Gasteiger charge is -2.34. The molecule has 1 heterocycles. The number of rotatable bonds is 4. The molecule has 1 aromatic carbocycles. The summed E-state index contributed by atoms with van der Waals surface area (Å²) >= 11 is 0. The normalized spacial score (nSPS) is 23.8. The third-order valence-electron chi connectivity index (χ3n) is 3.83. The summed E-state index contributed by atoms with van der Waals surface area (Å²) < 4.78 is 37.5. The molecule has 1 aromatic rings. The Hall–Kier alpha value is -1.27. The van der Waals surface area contributed by atoms with Crippen molar-refractivity contribution in [1.82, 2.24) is 4.31 Å². The predicted octanol–water partition coefficient (Wildman–Crippen LogP) is 2.37. The molecule has 1 saturated heterocycles. The van der Waals surface area contributed by atoms with Gasteiger partial charge in [-0.05, 0) is 30.4 Å². The SMILES string of the molecule is COc1ccc(S(=O)(=O)N2C[C@H](C)C[C@@H](C)C2)cc1OC. The molecule has 0 spiro atoms. The summed E-state index contributed by atoms with van der Waals surface area (Å²) in [6, 6.07) is 4.72. The van der Waals surface area contributed by atoms with Crippen LogP contribution in [0.5, 0.6) is 11.5 Å². The molecule has 0 amide bonds. The standard InChI is InChI=1S/C15H23NO4S/c1-11-7-12(2)10-16(9-11)21(17,18)13-5-6-14(19-3)15(8-13)20-4/h5-6,8,11-12H,7,9-10H2,1-4H3/t11-,12-/m1/s1. The molecule has 2 atom stereocenters. The third kappa shape index (κ3) is 3.32. The zero-order chi connectivity index (χ0) is 15.6. The third-order valence-corrected chi connectivity index (χ3v) is 5.66. The van der Waals surface area contributed by atoms with Gasteiger partial charge in [-0.25, -0.2) is 8.42 Å². The highest BCUT2D eigenvalue weighted by Crippen LogP contribution is 2.32. The zero-order valence-electron chi connectivity index (χ0n) is 13.0. The minimum absolute atomic E-state index is 0.251. The number of hydrogen-bond donors (Lipinski definition) is 0. The van der Waals surface area contributed by atoms with E-state index in [9.17, 15) is 8.42 Å². The number of benzene rings is 1. The number of hydrogen-bond acceptors (Lipinski definition) is 4. The van der Waals surface area contributed by atoms with Gasteiger partial charge in [-0.15, -0.1) is 0 Å². The van der Waals surface area contributed by atoms with Crippen LogP contribution in [0.1, 0.15) is 20.3 Å². The molecule has 1 fully saturated rings. The van der Waals surface area contributed by atoms with Crippen LogP contribution in [0.3, 0.4) is 0 Å². The Morgan fingerprint density at radius 3 is 2.14 bits per heavy atom. The van der Waals surface area contributed by atoms with Gasteiger partial charge >= 0.3 is 0 Å². The van der Waals surface area contributed by atoms with Gasteiger partial charge in [0.25, 0.3) is 0 Å². The number of ether oxygens (including phenoxy) is 2. The van der Waals surface area contributed by atoms with E-state index in [1.165, 1.54) is 20.3 Å². The molecule has 21 heavy (non-hydrogen) atoms. The second-order valence-electron chi connectivity index (χ2n) is 5.78. The van der Waals surface area contributed by atoms with Crippen molar-refractivity contribution in [3.8, 4) is 11.5 Å². The Bertz CT molecular complexity index is 590. The Labute approximate surface area is 126 Å². The van der Waals surface area contributed by atoms with Crippen LogP contribution in [0.4, 0.5) is 0 Å². The smallest absolute Gasteiger partial charge is 0.243 e. The lowest BCUT2D eigenvalue weighted by Crippen LogP contribution is -2.42. The molecule has 118 valence electrons. The van der Waals surface area contributed by atoms with Gasteiger partial charge in [0.2, 0.25) is 10.0 Å². The highest BCUT2D eigenvalue weighted by Gasteiger charge is 2.32. The first-order valence-electron chi connectivity index (χ1n) is 7.10. The van der Waals surface area contributed by atoms with Crippen molar-refractivity contribution in [3.05, 3.63) is 18.2 Å². The molecule has 0 bridgehead atoms. The molecule has 2 rings (SSSR count). The second-order valence-corrected chi connectivity index (χ2v) is 7.72. The highest BCUT2D eigenvalue weighted by molar-refractivity contribution is 7.89. The molecule has 0 unspecified atom stereocenters. The summed E-state index contributed by atoms with van der Waals surface area (Å²) in [5.74, 6) is 1.71. The summed E-state index contributed by atoms with van der Waals surface area (Å²) in [6.45, 7) is 5.32. The monoisotopic (exact) mass is 313 g/mol. The maximum absolute atomic E-state index is 12.8. The molecular weight excluding hydrogens is 290 g/mol. The van der Waals surface area contributed by atoms with Crippen molar-refractivity contribution in [2.24, 2.45) is 11.8 Å². The Kier molecular flexibility index (Phi) is 4.78. The van der Waals surface area contributed by atoms with E-state index in [1.807, 2.05) is 0 Å². The molecule has 5 nitrogen and oxygen atoms in total. The van der Waals surface area contributed by atoms with Crippen molar-refractivity contribution < 1.29 is 17.9 Å². The van der Waals surface area contributed by atoms with Crippen molar-refractivity contribution in [3.63, 3.8) is 0 Å². The summed E-state index contributed by atoms with van der Waals surface area (Å²) in [4.78, 5) is 0.251. The average Bonchev–Trinajstić information content (AvgIpc) is 2.45. The van der Waals surface area contributed by atoms with Gasteiger partial charge < -0.3 is 9.47 Å². The van der Waals surface area contributed by atoms with E-state index >= 15 is 0 Å². The highest BCUT2D eigenvalue weighted by atomic mass is 32.2. The molecular formula is C15H23NO4S. The first kappa shape index (κ1) is 16.1. The van der Waals surface area contributed by atoms with Crippen LogP contribution in [0.15, 0.2) is 23.1 Å². The minimum atomic E-state index is -3.49. The molecule has 0 N–H and O–H groups in total. The van der Waals surface area contributed by atoms with Crippen LogP contribution in [0.25, 0.3) is 0 Å². The fourth-order valence-electron chi connectivity index (χ4n) is 2.93. The number of nitrogens with zero attached hydrogens (tertiary/aromatic N) is 1. The minimum Gasteiger partial charge on any atom is -0.493 e. The maximum atomic E-state index is 12.8. The van der Waals surface area contributed by atoms with Gasteiger partial charge in [0.1, 0.15) is 0 Å². The van der Waals surface area contributed by atoms with Gasteiger partial charge in [0.15, 0.2) is 11.5 Å². The molecule has 1 aliphatic heterocycles. The Balaban J connectivity index is 2.35. The van der Waals surface area contributed by atoms with E-state index in [1.54, 1.807) is 16.4 Å². The van der Waals surface area contributed by atoms with E-state index in [2.05, 4.69) is 13.8 Å². The van der Waals surface area contributed by atoms with Crippen molar-refractivity contribution in [1.29, 1.82) is 0 Å².